The third kappa shape index (κ3) is 3.82. The Kier molecular flexibility index (Phi) is 4.81. The zero-order valence-corrected chi connectivity index (χ0v) is 13.2. The first-order valence-electron chi connectivity index (χ1n) is 8.20. The number of ether oxygens (including phenoxy) is 1. The van der Waals surface area contributed by atoms with Gasteiger partial charge in [0.25, 0.3) is 5.91 Å². The van der Waals surface area contributed by atoms with Gasteiger partial charge >= 0.3 is 0 Å². The third-order valence-electron chi connectivity index (χ3n) is 4.51. The molecule has 6 nitrogen and oxygen atoms in total. The van der Waals surface area contributed by atoms with Crippen molar-refractivity contribution in [3.8, 4) is 5.75 Å². The van der Waals surface area contributed by atoms with E-state index in [9.17, 15) is 9.59 Å². The van der Waals surface area contributed by atoms with Gasteiger partial charge in [0.15, 0.2) is 6.61 Å². The van der Waals surface area contributed by atoms with Crippen LogP contribution in [0.1, 0.15) is 32.1 Å². The summed E-state index contributed by atoms with van der Waals surface area (Å²) in [5.41, 5.74) is 6.61. The summed E-state index contributed by atoms with van der Waals surface area (Å²) >= 11 is 0. The number of hydrogen-bond donors (Lipinski definition) is 2. The van der Waals surface area contributed by atoms with Crippen molar-refractivity contribution in [3.63, 3.8) is 0 Å². The molecule has 1 aliphatic carbocycles. The first kappa shape index (κ1) is 15.8. The van der Waals surface area contributed by atoms with Crippen LogP contribution in [-0.2, 0) is 9.59 Å². The summed E-state index contributed by atoms with van der Waals surface area (Å²) in [5.74, 6) is 0.566. The summed E-state index contributed by atoms with van der Waals surface area (Å²) in [6.45, 7) is 0.399. The fourth-order valence-corrected chi connectivity index (χ4v) is 3.18. The standard InChI is InChI=1S/C17H23N3O3/c18-12-5-7-13(8-6-12)19-16(21)9-10-20-14-3-1-2-4-15(14)23-11-17(20)22/h1-4,12-13H,5-11,18H2,(H,19,21). The van der Waals surface area contributed by atoms with Gasteiger partial charge < -0.3 is 20.7 Å². The number of carbonyl (C=O) groups is 2. The monoisotopic (exact) mass is 317 g/mol. The molecule has 1 fully saturated rings. The van der Waals surface area contributed by atoms with Crippen LogP contribution in [0.5, 0.6) is 5.75 Å². The van der Waals surface area contributed by atoms with Crippen LogP contribution in [-0.4, -0.2) is 37.0 Å². The molecule has 0 saturated heterocycles. The molecule has 0 spiro atoms. The maximum atomic E-state index is 12.1. The van der Waals surface area contributed by atoms with Crippen LogP contribution < -0.4 is 20.7 Å². The van der Waals surface area contributed by atoms with E-state index < -0.39 is 0 Å². The van der Waals surface area contributed by atoms with Crippen molar-refractivity contribution in [2.45, 2.75) is 44.2 Å². The highest BCUT2D eigenvalue weighted by Crippen LogP contribution is 2.31. The summed E-state index contributed by atoms with van der Waals surface area (Å²) in [6, 6.07) is 7.89. The molecule has 3 rings (SSSR count). The number of nitrogens with zero attached hydrogens (tertiary/aromatic N) is 1. The molecule has 2 aliphatic rings. The van der Waals surface area contributed by atoms with Crippen molar-refractivity contribution in [3.05, 3.63) is 24.3 Å². The molecule has 1 saturated carbocycles. The second-order valence-electron chi connectivity index (χ2n) is 6.23. The molecule has 3 N–H and O–H groups in total. The van der Waals surface area contributed by atoms with Crippen molar-refractivity contribution in [1.82, 2.24) is 5.32 Å². The Bertz CT molecular complexity index is 582. The SMILES string of the molecule is NC1CCC(NC(=O)CCN2C(=O)COc3ccccc32)CC1. The topological polar surface area (TPSA) is 84.7 Å². The van der Waals surface area contributed by atoms with E-state index in [0.717, 1.165) is 31.4 Å². The van der Waals surface area contributed by atoms with Gasteiger partial charge in [-0.25, -0.2) is 0 Å². The van der Waals surface area contributed by atoms with Gasteiger partial charge in [-0.2, -0.15) is 0 Å². The molecule has 1 aliphatic heterocycles. The van der Waals surface area contributed by atoms with Crippen molar-refractivity contribution < 1.29 is 14.3 Å². The molecule has 0 bridgehead atoms. The smallest absolute Gasteiger partial charge is 0.265 e. The Labute approximate surface area is 136 Å². The average Bonchev–Trinajstić information content (AvgIpc) is 2.56. The number of carbonyl (C=O) groups excluding carboxylic acids is 2. The lowest BCUT2D eigenvalue weighted by Crippen LogP contribution is -2.43. The number of benzene rings is 1. The molecule has 0 atom stereocenters. The van der Waals surface area contributed by atoms with E-state index >= 15 is 0 Å². The average molecular weight is 317 g/mol. The predicted octanol–water partition coefficient (Wildman–Crippen LogP) is 1.19. The largest absolute Gasteiger partial charge is 0.482 e. The highest BCUT2D eigenvalue weighted by Gasteiger charge is 2.26. The highest BCUT2D eigenvalue weighted by molar-refractivity contribution is 5.98. The number of fused-ring (bicyclic) bond motifs is 1. The summed E-state index contributed by atoms with van der Waals surface area (Å²) in [5, 5.41) is 3.05. The fourth-order valence-electron chi connectivity index (χ4n) is 3.18. The second kappa shape index (κ2) is 7.00. The molecule has 2 amide bonds. The van der Waals surface area contributed by atoms with Crippen molar-refractivity contribution in [2.24, 2.45) is 5.73 Å². The maximum Gasteiger partial charge on any atom is 0.265 e. The van der Waals surface area contributed by atoms with E-state index in [-0.39, 0.29) is 30.5 Å². The lowest BCUT2D eigenvalue weighted by atomic mass is 9.92. The van der Waals surface area contributed by atoms with Gasteiger partial charge in [0.1, 0.15) is 5.75 Å². The Morgan fingerprint density at radius 2 is 2.00 bits per heavy atom. The zero-order chi connectivity index (χ0) is 16.2. The summed E-state index contributed by atoms with van der Waals surface area (Å²) in [4.78, 5) is 25.8. The fraction of sp³-hybridized carbons (Fsp3) is 0.529. The van der Waals surface area contributed by atoms with Gasteiger partial charge in [-0.15, -0.1) is 0 Å². The Hall–Kier alpha value is -2.08. The van der Waals surface area contributed by atoms with Crippen LogP contribution in [0.25, 0.3) is 0 Å². The van der Waals surface area contributed by atoms with Crippen molar-refractivity contribution in [2.75, 3.05) is 18.1 Å². The molecule has 0 radical (unpaired) electrons. The van der Waals surface area contributed by atoms with Gasteiger partial charge in [-0.3, -0.25) is 9.59 Å². The van der Waals surface area contributed by atoms with Crippen molar-refractivity contribution in [1.29, 1.82) is 0 Å². The van der Waals surface area contributed by atoms with Crippen molar-refractivity contribution >= 4 is 17.5 Å². The number of nitrogens with two attached hydrogens (primary N) is 1. The lowest BCUT2D eigenvalue weighted by molar-refractivity contribution is -0.122. The van der Waals surface area contributed by atoms with Crippen LogP contribution in [0.15, 0.2) is 24.3 Å². The molecular weight excluding hydrogens is 294 g/mol. The van der Waals surface area contributed by atoms with Gasteiger partial charge in [0.2, 0.25) is 5.91 Å². The van der Waals surface area contributed by atoms with E-state index in [4.69, 9.17) is 10.5 Å². The van der Waals surface area contributed by atoms with Gasteiger partial charge in [0.05, 0.1) is 5.69 Å². The number of rotatable bonds is 4. The van der Waals surface area contributed by atoms with Crippen LogP contribution in [0, 0.1) is 0 Å². The maximum absolute atomic E-state index is 12.1. The van der Waals surface area contributed by atoms with Gasteiger partial charge in [-0.1, -0.05) is 12.1 Å². The number of amides is 2. The third-order valence-corrected chi connectivity index (χ3v) is 4.51. The minimum Gasteiger partial charge on any atom is -0.482 e. The van der Waals surface area contributed by atoms with Crippen LogP contribution in [0.4, 0.5) is 5.69 Å². The first-order valence-corrected chi connectivity index (χ1v) is 8.20. The number of para-hydroxylation sites is 2. The number of hydrogen-bond acceptors (Lipinski definition) is 4. The number of anilines is 1. The Balaban J connectivity index is 1.53. The Morgan fingerprint density at radius 1 is 1.26 bits per heavy atom. The van der Waals surface area contributed by atoms with E-state index in [2.05, 4.69) is 5.32 Å². The van der Waals surface area contributed by atoms with Crippen LogP contribution in [0.2, 0.25) is 0 Å². The Morgan fingerprint density at radius 3 is 2.78 bits per heavy atom. The minimum atomic E-state index is -0.111. The number of nitrogens with one attached hydrogen (secondary N) is 1. The molecule has 6 heteroatoms. The highest BCUT2D eigenvalue weighted by atomic mass is 16.5. The van der Waals surface area contributed by atoms with E-state index in [0.29, 0.717) is 18.7 Å². The molecule has 0 aromatic heterocycles. The second-order valence-corrected chi connectivity index (χ2v) is 6.23. The quantitative estimate of drug-likeness (QED) is 0.873. The molecule has 23 heavy (non-hydrogen) atoms. The predicted molar refractivity (Wildman–Crippen MR) is 87.3 cm³/mol. The molecule has 1 heterocycles. The normalized spacial score (nSPS) is 23.9. The molecular formula is C17H23N3O3. The first-order chi connectivity index (χ1) is 11.1. The molecule has 1 aromatic carbocycles. The molecule has 124 valence electrons. The summed E-state index contributed by atoms with van der Waals surface area (Å²) < 4.78 is 5.40. The summed E-state index contributed by atoms with van der Waals surface area (Å²) in [7, 11) is 0. The van der Waals surface area contributed by atoms with E-state index in [1.807, 2.05) is 24.3 Å². The zero-order valence-electron chi connectivity index (χ0n) is 13.2. The van der Waals surface area contributed by atoms with Crippen LogP contribution >= 0.6 is 0 Å². The van der Waals surface area contributed by atoms with Gasteiger partial charge in [0, 0.05) is 25.0 Å². The summed E-state index contributed by atoms with van der Waals surface area (Å²) in [6.07, 6.45) is 4.08. The molecule has 0 unspecified atom stereocenters. The van der Waals surface area contributed by atoms with E-state index in [1.165, 1.54) is 0 Å². The van der Waals surface area contributed by atoms with E-state index in [1.54, 1.807) is 4.90 Å². The van der Waals surface area contributed by atoms with Gasteiger partial charge in [-0.05, 0) is 37.8 Å². The lowest BCUT2D eigenvalue weighted by Gasteiger charge is -2.30. The minimum absolute atomic E-state index is 0.0118. The molecule has 1 aromatic rings. The van der Waals surface area contributed by atoms with Crippen LogP contribution in [0.3, 0.4) is 0 Å².